The Morgan fingerprint density at radius 1 is 1.33 bits per heavy atom. The first kappa shape index (κ1) is 18.6. The fourth-order valence-electron chi connectivity index (χ4n) is 2.52. The summed E-state index contributed by atoms with van der Waals surface area (Å²) in [6, 6.07) is 5.78. The molecule has 2 amide bonds. The summed E-state index contributed by atoms with van der Waals surface area (Å²) in [7, 11) is 0. The van der Waals surface area contributed by atoms with Gasteiger partial charge in [-0.25, -0.2) is 19.2 Å². The molecule has 0 aliphatic carbocycles. The number of aromatic nitrogens is 2. The molecule has 1 aliphatic rings. The number of ether oxygens (including phenoxy) is 2. The first-order valence-corrected chi connectivity index (χ1v) is 8.44. The van der Waals surface area contributed by atoms with Crippen LogP contribution in [0.25, 0.3) is 0 Å². The van der Waals surface area contributed by atoms with Gasteiger partial charge in [-0.05, 0) is 26.0 Å². The third-order valence-electron chi connectivity index (χ3n) is 3.81. The van der Waals surface area contributed by atoms with Crippen molar-refractivity contribution in [1.29, 1.82) is 0 Å². The van der Waals surface area contributed by atoms with E-state index in [0.29, 0.717) is 31.1 Å². The van der Waals surface area contributed by atoms with Crippen molar-refractivity contribution < 1.29 is 23.5 Å². The van der Waals surface area contributed by atoms with Crippen LogP contribution in [-0.4, -0.2) is 52.7 Å². The van der Waals surface area contributed by atoms with Gasteiger partial charge < -0.3 is 19.7 Å². The number of rotatable bonds is 5. The number of anilines is 1. The molecule has 1 saturated heterocycles. The van der Waals surface area contributed by atoms with Gasteiger partial charge in [0.2, 0.25) is 0 Å². The normalized spacial score (nSPS) is 13.7. The lowest BCUT2D eigenvalue weighted by Gasteiger charge is -2.37. The molecule has 1 fully saturated rings. The van der Waals surface area contributed by atoms with Crippen molar-refractivity contribution in [1.82, 2.24) is 14.9 Å². The minimum atomic E-state index is -0.491. The molecule has 3 rings (SSSR count). The van der Waals surface area contributed by atoms with E-state index in [1.54, 1.807) is 19.9 Å². The molecule has 9 heteroatoms. The molecule has 2 aromatic heterocycles. The van der Waals surface area contributed by atoms with E-state index < -0.39 is 11.7 Å². The quantitative estimate of drug-likeness (QED) is 0.864. The molecule has 27 heavy (non-hydrogen) atoms. The second-order valence-corrected chi connectivity index (χ2v) is 5.99. The van der Waals surface area contributed by atoms with Crippen molar-refractivity contribution >= 4 is 17.8 Å². The highest BCUT2D eigenvalue weighted by atomic mass is 19.1. The smallest absolute Gasteiger partial charge is 0.410 e. The summed E-state index contributed by atoms with van der Waals surface area (Å²) in [5.74, 6) is -0.274. The van der Waals surface area contributed by atoms with Gasteiger partial charge in [0.1, 0.15) is 29.2 Å². The molecule has 8 nitrogen and oxygen atoms in total. The zero-order valence-corrected chi connectivity index (χ0v) is 14.9. The van der Waals surface area contributed by atoms with E-state index in [1.165, 1.54) is 23.1 Å². The first-order valence-electron chi connectivity index (χ1n) is 8.44. The Morgan fingerprint density at radius 3 is 2.78 bits per heavy atom. The van der Waals surface area contributed by atoms with E-state index in [-0.39, 0.29) is 23.7 Å². The summed E-state index contributed by atoms with van der Waals surface area (Å²) >= 11 is 0. The van der Waals surface area contributed by atoms with Crippen molar-refractivity contribution in [2.45, 2.75) is 20.0 Å². The maximum Gasteiger partial charge on any atom is 0.410 e. The average Bonchev–Trinajstić information content (AvgIpc) is 2.59. The van der Waals surface area contributed by atoms with Crippen molar-refractivity contribution in [3.63, 3.8) is 0 Å². The van der Waals surface area contributed by atoms with Crippen LogP contribution in [0, 0.1) is 12.7 Å². The standard InChI is InChI=1S/C18H19FN4O4/c1-3-26-18(25)23-9-14(10-23)27-13-6-11(2)21-15(7-13)17(24)22-16-5-4-12(19)8-20-16/h4-8,14H,3,9-10H2,1-2H3,(H,20,22,24). The highest BCUT2D eigenvalue weighted by molar-refractivity contribution is 6.02. The van der Waals surface area contributed by atoms with Gasteiger partial charge in [0.15, 0.2) is 0 Å². The van der Waals surface area contributed by atoms with Crippen LogP contribution in [0.2, 0.25) is 0 Å². The van der Waals surface area contributed by atoms with Gasteiger partial charge in [0.05, 0.1) is 25.9 Å². The van der Waals surface area contributed by atoms with Gasteiger partial charge in [-0.2, -0.15) is 0 Å². The molecule has 2 aromatic rings. The second-order valence-electron chi connectivity index (χ2n) is 5.99. The minimum absolute atomic E-state index is 0.151. The van der Waals surface area contributed by atoms with Crippen LogP contribution in [0.4, 0.5) is 15.0 Å². The van der Waals surface area contributed by atoms with Crippen LogP contribution in [0.15, 0.2) is 30.5 Å². The maximum atomic E-state index is 12.9. The number of amides is 2. The Labute approximate surface area is 155 Å². The average molecular weight is 374 g/mol. The summed E-state index contributed by atoms with van der Waals surface area (Å²) in [6.45, 7) is 4.65. The number of likely N-dealkylation sites (tertiary alicyclic amines) is 1. The molecule has 142 valence electrons. The number of nitrogens with one attached hydrogen (secondary N) is 1. The highest BCUT2D eigenvalue weighted by Gasteiger charge is 2.33. The Bertz CT molecular complexity index is 838. The number of hydrogen-bond donors (Lipinski definition) is 1. The Balaban J connectivity index is 1.62. The molecule has 3 heterocycles. The molecule has 0 saturated carbocycles. The SMILES string of the molecule is CCOC(=O)N1CC(Oc2cc(C)nc(C(=O)Nc3ccc(F)cn3)c2)C1. The number of nitrogens with zero attached hydrogens (tertiary/aromatic N) is 3. The molecule has 0 aromatic carbocycles. The molecule has 0 unspecified atom stereocenters. The summed E-state index contributed by atoms with van der Waals surface area (Å²) in [5.41, 5.74) is 0.754. The lowest BCUT2D eigenvalue weighted by Crippen LogP contribution is -2.56. The molecular weight excluding hydrogens is 355 g/mol. The third kappa shape index (κ3) is 4.69. The van der Waals surface area contributed by atoms with Crippen LogP contribution in [-0.2, 0) is 4.74 Å². The molecule has 1 N–H and O–H groups in total. The van der Waals surface area contributed by atoms with Gasteiger partial charge in [-0.3, -0.25) is 4.79 Å². The summed E-state index contributed by atoms with van der Waals surface area (Å²) in [4.78, 5) is 33.4. The molecule has 0 bridgehead atoms. The number of carbonyl (C=O) groups excluding carboxylic acids is 2. The van der Waals surface area contributed by atoms with Crippen LogP contribution < -0.4 is 10.1 Å². The largest absolute Gasteiger partial charge is 0.487 e. The monoisotopic (exact) mass is 374 g/mol. The lowest BCUT2D eigenvalue weighted by atomic mass is 10.2. The lowest BCUT2D eigenvalue weighted by molar-refractivity contribution is 0.0126. The number of pyridine rings is 2. The van der Waals surface area contributed by atoms with Crippen LogP contribution in [0.5, 0.6) is 5.75 Å². The fourth-order valence-corrected chi connectivity index (χ4v) is 2.52. The van der Waals surface area contributed by atoms with Crippen LogP contribution in [0.1, 0.15) is 23.1 Å². The van der Waals surface area contributed by atoms with Gasteiger partial charge in [0.25, 0.3) is 5.91 Å². The number of halogens is 1. The van der Waals surface area contributed by atoms with E-state index in [9.17, 15) is 14.0 Å². The fraction of sp³-hybridized carbons (Fsp3) is 0.333. The van der Waals surface area contributed by atoms with Gasteiger partial charge in [0, 0.05) is 17.8 Å². The Morgan fingerprint density at radius 2 is 2.11 bits per heavy atom. The van der Waals surface area contributed by atoms with E-state index in [4.69, 9.17) is 9.47 Å². The van der Waals surface area contributed by atoms with E-state index in [1.807, 2.05) is 0 Å². The van der Waals surface area contributed by atoms with Crippen molar-refractivity contribution in [3.05, 3.63) is 47.7 Å². The van der Waals surface area contributed by atoms with Gasteiger partial charge in [-0.1, -0.05) is 0 Å². The topological polar surface area (TPSA) is 93.6 Å². The van der Waals surface area contributed by atoms with E-state index in [0.717, 1.165) is 6.20 Å². The summed E-state index contributed by atoms with van der Waals surface area (Å²) in [6.07, 6.45) is 0.473. The molecular formula is C18H19FN4O4. The predicted octanol–water partition coefficient (Wildman–Crippen LogP) is 2.40. The molecule has 0 atom stereocenters. The van der Waals surface area contributed by atoms with Crippen LogP contribution in [0.3, 0.4) is 0 Å². The first-order chi connectivity index (χ1) is 12.9. The van der Waals surface area contributed by atoms with Crippen molar-refractivity contribution in [2.24, 2.45) is 0 Å². The van der Waals surface area contributed by atoms with Crippen molar-refractivity contribution in [2.75, 3.05) is 25.0 Å². The summed E-state index contributed by atoms with van der Waals surface area (Å²) < 4.78 is 23.6. The molecule has 0 radical (unpaired) electrons. The van der Waals surface area contributed by atoms with Gasteiger partial charge in [-0.15, -0.1) is 0 Å². The van der Waals surface area contributed by atoms with Gasteiger partial charge >= 0.3 is 6.09 Å². The molecule has 1 aliphatic heterocycles. The predicted molar refractivity (Wildman–Crippen MR) is 94.1 cm³/mol. The number of aryl methyl sites for hydroxylation is 1. The van der Waals surface area contributed by atoms with Crippen molar-refractivity contribution in [3.8, 4) is 5.75 Å². The zero-order valence-electron chi connectivity index (χ0n) is 14.9. The number of carbonyl (C=O) groups is 2. The molecule has 0 spiro atoms. The number of hydrogen-bond acceptors (Lipinski definition) is 6. The zero-order chi connectivity index (χ0) is 19.4. The summed E-state index contributed by atoms with van der Waals surface area (Å²) in [5, 5.41) is 2.55. The third-order valence-corrected chi connectivity index (χ3v) is 3.81. The minimum Gasteiger partial charge on any atom is -0.487 e. The van der Waals surface area contributed by atoms with E-state index in [2.05, 4.69) is 15.3 Å². The van der Waals surface area contributed by atoms with E-state index >= 15 is 0 Å². The second kappa shape index (κ2) is 7.98. The highest BCUT2D eigenvalue weighted by Crippen LogP contribution is 2.21. The Hall–Kier alpha value is -3.23. The van der Waals surface area contributed by atoms with Crippen LogP contribution >= 0.6 is 0 Å². The maximum absolute atomic E-state index is 12.9. The Kier molecular flexibility index (Phi) is 5.49.